The van der Waals surface area contributed by atoms with Gasteiger partial charge in [0.15, 0.2) is 0 Å². The smallest absolute Gasteiger partial charge is 0.266 e. The first-order valence-electron chi connectivity index (χ1n) is 4.23. The van der Waals surface area contributed by atoms with Crippen molar-refractivity contribution in [2.24, 2.45) is 0 Å². The largest absolute Gasteiger partial charge is 0.290 e. The lowest BCUT2D eigenvalue weighted by Gasteiger charge is -1.93. The molecule has 0 spiro atoms. The summed E-state index contributed by atoms with van der Waals surface area (Å²) in [6.07, 6.45) is 5.23. The molecule has 0 aliphatic carbocycles. The summed E-state index contributed by atoms with van der Waals surface area (Å²) in [6, 6.07) is 0. The van der Waals surface area contributed by atoms with E-state index >= 15 is 0 Å². The maximum absolute atomic E-state index is 11.8. The molecule has 2 aromatic rings. The van der Waals surface area contributed by atoms with Crippen LogP contribution in [0.4, 0.5) is 0 Å². The van der Waals surface area contributed by atoms with Crippen LogP contribution >= 0.6 is 22.6 Å². The average molecular weight is 314 g/mol. The van der Waals surface area contributed by atoms with Gasteiger partial charge in [-0.05, 0) is 36.4 Å². The first kappa shape index (κ1) is 10.2. The Morgan fingerprint density at radius 2 is 1.73 bits per heavy atom. The Morgan fingerprint density at radius 3 is 2.20 bits per heavy atom. The van der Waals surface area contributed by atoms with Gasteiger partial charge in [-0.2, -0.15) is 4.52 Å². The highest BCUT2D eigenvalue weighted by molar-refractivity contribution is 14.1. The number of hydrogen-bond donors (Lipinski definition) is 0. The van der Waals surface area contributed by atoms with Gasteiger partial charge in [0.25, 0.3) is 11.1 Å². The summed E-state index contributed by atoms with van der Waals surface area (Å²) in [5, 5.41) is 0. The molecule has 0 aromatic carbocycles. The lowest BCUT2D eigenvalue weighted by atomic mass is 10.3. The molecule has 0 aliphatic rings. The number of hydrogen-bond acceptors (Lipinski definition) is 2. The van der Waals surface area contributed by atoms with Gasteiger partial charge in [0, 0.05) is 0 Å². The fraction of sp³-hybridized carbons (Fsp3) is 0.200. The van der Waals surface area contributed by atoms with Gasteiger partial charge in [-0.1, -0.05) is 5.92 Å². The number of terminal acetylenes is 1. The second-order valence-electron chi connectivity index (χ2n) is 3.24. The lowest BCUT2D eigenvalue weighted by molar-refractivity contribution is 0.768. The molecule has 4 nitrogen and oxygen atoms in total. The third kappa shape index (κ3) is 1.08. The standard InChI is InChI=1S/C10H7IN2O2/c1-4-7-5(2)12-6(3)8(11)10(15)13(12)9(7)14/h1H,2-3H3. The summed E-state index contributed by atoms with van der Waals surface area (Å²) in [7, 11) is 0. The fourth-order valence-corrected chi connectivity index (χ4v) is 2.16. The Bertz CT molecular complexity index is 703. The Hall–Kier alpha value is -1.29. The molecular formula is C10H7IN2O2. The summed E-state index contributed by atoms with van der Waals surface area (Å²) in [5.41, 5.74) is 0.928. The van der Waals surface area contributed by atoms with Crippen molar-refractivity contribution in [1.29, 1.82) is 0 Å². The molecule has 0 bridgehead atoms. The zero-order valence-electron chi connectivity index (χ0n) is 8.17. The van der Waals surface area contributed by atoms with Crippen LogP contribution in [0.15, 0.2) is 9.59 Å². The van der Waals surface area contributed by atoms with Crippen molar-refractivity contribution in [3.05, 3.63) is 41.2 Å². The van der Waals surface area contributed by atoms with E-state index in [1.54, 1.807) is 18.4 Å². The third-order valence-electron chi connectivity index (χ3n) is 2.45. The van der Waals surface area contributed by atoms with Gasteiger partial charge >= 0.3 is 0 Å². The molecule has 0 N–H and O–H groups in total. The lowest BCUT2D eigenvalue weighted by Crippen LogP contribution is -2.23. The molecule has 2 aromatic heterocycles. The van der Waals surface area contributed by atoms with E-state index in [0.717, 1.165) is 10.2 Å². The van der Waals surface area contributed by atoms with Gasteiger partial charge in [0.05, 0.1) is 11.4 Å². The van der Waals surface area contributed by atoms with Gasteiger partial charge in [-0.25, -0.2) is 4.52 Å². The zero-order chi connectivity index (χ0) is 11.3. The molecule has 0 unspecified atom stereocenters. The van der Waals surface area contributed by atoms with Gasteiger partial charge in [-0.15, -0.1) is 6.42 Å². The first-order valence-corrected chi connectivity index (χ1v) is 5.31. The van der Waals surface area contributed by atoms with E-state index in [0.29, 0.717) is 9.26 Å². The Balaban J connectivity index is 3.24. The molecule has 2 heterocycles. The van der Waals surface area contributed by atoms with E-state index in [4.69, 9.17) is 6.42 Å². The zero-order valence-corrected chi connectivity index (χ0v) is 10.3. The van der Waals surface area contributed by atoms with Crippen LogP contribution in [-0.4, -0.2) is 9.03 Å². The quantitative estimate of drug-likeness (QED) is 0.522. The summed E-state index contributed by atoms with van der Waals surface area (Å²) in [6.45, 7) is 3.52. The number of fused-ring (bicyclic) bond motifs is 1. The minimum atomic E-state index is -0.411. The number of halogens is 1. The second kappa shape index (κ2) is 3.10. The first-order chi connectivity index (χ1) is 7.00. The van der Waals surface area contributed by atoms with Crippen LogP contribution in [0.1, 0.15) is 17.0 Å². The van der Waals surface area contributed by atoms with Crippen molar-refractivity contribution in [2.45, 2.75) is 13.8 Å². The molecule has 0 saturated heterocycles. The molecule has 15 heavy (non-hydrogen) atoms. The van der Waals surface area contributed by atoms with Gasteiger partial charge in [0.2, 0.25) is 0 Å². The van der Waals surface area contributed by atoms with Crippen LogP contribution in [0.3, 0.4) is 0 Å². The molecule has 5 heteroatoms. The van der Waals surface area contributed by atoms with Gasteiger partial charge < -0.3 is 0 Å². The summed E-state index contributed by atoms with van der Waals surface area (Å²) < 4.78 is 3.21. The van der Waals surface area contributed by atoms with Crippen molar-refractivity contribution in [1.82, 2.24) is 9.03 Å². The van der Waals surface area contributed by atoms with Crippen LogP contribution < -0.4 is 11.1 Å². The summed E-state index contributed by atoms with van der Waals surface area (Å²) in [4.78, 5) is 23.5. The molecule has 0 radical (unpaired) electrons. The van der Waals surface area contributed by atoms with E-state index in [9.17, 15) is 9.59 Å². The molecule has 76 valence electrons. The van der Waals surface area contributed by atoms with Crippen molar-refractivity contribution >= 4 is 22.6 Å². The third-order valence-corrected chi connectivity index (χ3v) is 3.69. The molecule has 0 fully saturated rings. The molecule has 2 rings (SSSR count). The fourth-order valence-electron chi connectivity index (χ4n) is 1.70. The SMILES string of the molecule is C#Cc1c(C)n2c(C)c(I)c(=O)n2c1=O. The number of aryl methyl sites for hydroxylation is 2. The molecule has 0 atom stereocenters. The number of aromatic nitrogens is 2. The number of rotatable bonds is 0. The van der Waals surface area contributed by atoms with Crippen LogP contribution in [0.5, 0.6) is 0 Å². The highest BCUT2D eigenvalue weighted by Crippen LogP contribution is 2.10. The Labute approximate surface area is 99.0 Å². The maximum atomic E-state index is 11.8. The highest BCUT2D eigenvalue weighted by Gasteiger charge is 2.19. The van der Waals surface area contributed by atoms with Crippen LogP contribution in [0, 0.1) is 29.8 Å². The number of nitrogens with zero attached hydrogens (tertiary/aromatic N) is 2. The normalized spacial score (nSPS) is 10.8. The molecular weight excluding hydrogens is 307 g/mol. The molecule has 0 aliphatic heterocycles. The Kier molecular flexibility index (Phi) is 2.12. The van der Waals surface area contributed by atoms with E-state index in [2.05, 4.69) is 5.92 Å². The van der Waals surface area contributed by atoms with E-state index in [-0.39, 0.29) is 11.1 Å². The average Bonchev–Trinajstić information content (AvgIpc) is 2.58. The molecule has 0 amide bonds. The van der Waals surface area contributed by atoms with E-state index in [1.165, 1.54) is 0 Å². The maximum Gasteiger partial charge on any atom is 0.290 e. The second-order valence-corrected chi connectivity index (χ2v) is 4.32. The van der Waals surface area contributed by atoms with Crippen LogP contribution in [0.2, 0.25) is 0 Å². The highest BCUT2D eigenvalue weighted by atomic mass is 127. The van der Waals surface area contributed by atoms with Crippen LogP contribution in [0.25, 0.3) is 0 Å². The predicted octanol–water partition coefficient (Wildman–Crippen LogP) is 0.400. The monoisotopic (exact) mass is 314 g/mol. The van der Waals surface area contributed by atoms with E-state index in [1.807, 2.05) is 22.6 Å². The van der Waals surface area contributed by atoms with Crippen molar-refractivity contribution in [3.8, 4) is 12.3 Å². The molecule has 0 saturated carbocycles. The van der Waals surface area contributed by atoms with Crippen molar-refractivity contribution in [3.63, 3.8) is 0 Å². The van der Waals surface area contributed by atoms with E-state index < -0.39 is 5.56 Å². The predicted molar refractivity (Wildman–Crippen MR) is 64.7 cm³/mol. The van der Waals surface area contributed by atoms with Crippen molar-refractivity contribution in [2.75, 3.05) is 0 Å². The minimum Gasteiger partial charge on any atom is -0.266 e. The Morgan fingerprint density at radius 1 is 1.13 bits per heavy atom. The topological polar surface area (TPSA) is 43.0 Å². The van der Waals surface area contributed by atoms with Crippen molar-refractivity contribution < 1.29 is 0 Å². The summed E-state index contributed by atoms with van der Waals surface area (Å²) in [5.74, 6) is 2.32. The van der Waals surface area contributed by atoms with Gasteiger partial charge in [0.1, 0.15) is 9.13 Å². The minimum absolute atomic E-state index is 0.256. The summed E-state index contributed by atoms with van der Waals surface area (Å²) >= 11 is 1.93. The van der Waals surface area contributed by atoms with Crippen LogP contribution in [-0.2, 0) is 0 Å². The van der Waals surface area contributed by atoms with Gasteiger partial charge in [-0.3, -0.25) is 9.59 Å².